The van der Waals surface area contributed by atoms with E-state index in [-0.39, 0.29) is 22.9 Å². The summed E-state index contributed by atoms with van der Waals surface area (Å²) in [5.41, 5.74) is 3.50. The van der Waals surface area contributed by atoms with E-state index < -0.39 is 10.0 Å². The SMILES string of the molecule is CCCC(=O)N1CCC(CN(C2Cc3cc(C#N)ccc3N(Cc3cncn3C)C2)S(=O)(=O)c2ccccn2)CC1. The van der Waals surface area contributed by atoms with E-state index in [9.17, 15) is 18.5 Å². The first-order chi connectivity index (χ1) is 19.8. The summed E-state index contributed by atoms with van der Waals surface area (Å²) in [5.74, 6) is 0.295. The standard InChI is InChI=1S/C30H37N7O3S/c1-3-6-30(38)35-13-10-23(11-14-35)19-37(41(39,40)29-7-4-5-12-33-29)26-16-25-15-24(17-31)8-9-28(25)36(20-26)21-27-18-32-22-34(27)2/h4-5,7-9,12,15,18,22-23,26H,3,6,10-11,13-14,16,19-21H2,1-2H3. The predicted molar refractivity (Wildman–Crippen MR) is 155 cm³/mol. The van der Waals surface area contributed by atoms with E-state index >= 15 is 0 Å². The normalized spacial score (nSPS) is 17.9. The number of anilines is 1. The van der Waals surface area contributed by atoms with Gasteiger partial charge in [0, 0.05) is 63.8 Å². The number of fused-ring (bicyclic) bond motifs is 1. The highest BCUT2D eigenvalue weighted by molar-refractivity contribution is 7.89. The molecule has 1 unspecified atom stereocenters. The molecule has 216 valence electrons. The van der Waals surface area contributed by atoms with Gasteiger partial charge in [-0.1, -0.05) is 13.0 Å². The number of rotatable bonds is 9. The van der Waals surface area contributed by atoms with Crippen molar-refractivity contribution in [2.75, 3.05) is 31.1 Å². The Morgan fingerprint density at radius 3 is 2.66 bits per heavy atom. The van der Waals surface area contributed by atoms with Crippen LogP contribution in [0.4, 0.5) is 5.69 Å². The maximum absolute atomic E-state index is 14.2. The zero-order valence-corrected chi connectivity index (χ0v) is 24.5. The number of benzene rings is 1. The van der Waals surface area contributed by atoms with Gasteiger partial charge in [0.25, 0.3) is 10.0 Å². The summed E-state index contributed by atoms with van der Waals surface area (Å²) in [6.07, 6.45) is 8.45. The first kappa shape index (κ1) is 28.8. The second-order valence-electron chi connectivity index (χ2n) is 11.0. The number of imidazole rings is 1. The molecule has 2 aliphatic heterocycles. The van der Waals surface area contributed by atoms with Crippen molar-refractivity contribution >= 4 is 21.6 Å². The third-order valence-corrected chi connectivity index (χ3v) is 10.0. The maximum Gasteiger partial charge on any atom is 0.260 e. The molecule has 11 heteroatoms. The quantitative estimate of drug-likeness (QED) is 0.384. The van der Waals surface area contributed by atoms with Crippen molar-refractivity contribution < 1.29 is 13.2 Å². The number of hydrogen-bond acceptors (Lipinski definition) is 7. The van der Waals surface area contributed by atoms with Gasteiger partial charge < -0.3 is 14.4 Å². The molecule has 0 aliphatic carbocycles. The van der Waals surface area contributed by atoms with Gasteiger partial charge in [-0.3, -0.25) is 4.79 Å². The lowest BCUT2D eigenvalue weighted by molar-refractivity contribution is -0.132. The second-order valence-corrected chi connectivity index (χ2v) is 12.8. The van der Waals surface area contributed by atoms with Crippen molar-refractivity contribution in [2.45, 2.75) is 56.6 Å². The summed E-state index contributed by atoms with van der Waals surface area (Å²) in [6.45, 7) is 4.70. The largest absolute Gasteiger partial charge is 0.364 e. The summed E-state index contributed by atoms with van der Waals surface area (Å²) in [4.78, 5) is 25.0. The predicted octanol–water partition coefficient (Wildman–Crippen LogP) is 3.35. The van der Waals surface area contributed by atoms with Gasteiger partial charge in [0.2, 0.25) is 5.91 Å². The van der Waals surface area contributed by atoms with Crippen LogP contribution in [0.3, 0.4) is 0 Å². The molecule has 0 saturated carbocycles. The van der Waals surface area contributed by atoms with E-state index in [0.717, 1.165) is 36.2 Å². The molecular weight excluding hydrogens is 538 g/mol. The second kappa shape index (κ2) is 12.4. The van der Waals surface area contributed by atoms with Crippen LogP contribution in [0.2, 0.25) is 0 Å². The molecule has 5 rings (SSSR count). The third-order valence-electron chi connectivity index (χ3n) is 8.19. The molecule has 10 nitrogen and oxygen atoms in total. The molecule has 41 heavy (non-hydrogen) atoms. The molecule has 1 aromatic carbocycles. The monoisotopic (exact) mass is 575 g/mol. The number of likely N-dealkylation sites (tertiary alicyclic amines) is 1. The van der Waals surface area contributed by atoms with E-state index in [0.29, 0.717) is 51.1 Å². The number of piperidine rings is 1. The van der Waals surface area contributed by atoms with Crippen molar-refractivity contribution in [1.82, 2.24) is 23.7 Å². The fourth-order valence-corrected chi connectivity index (χ4v) is 7.55. The number of amides is 1. The fraction of sp³-hybridized carbons (Fsp3) is 0.467. The third kappa shape index (κ3) is 6.29. The molecule has 0 N–H and O–H groups in total. The Labute approximate surface area is 242 Å². The van der Waals surface area contributed by atoms with E-state index in [1.54, 1.807) is 28.8 Å². The number of carbonyl (C=O) groups is 1. The van der Waals surface area contributed by atoms with Gasteiger partial charge in [0.05, 0.1) is 30.2 Å². The minimum Gasteiger partial charge on any atom is -0.364 e. The van der Waals surface area contributed by atoms with E-state index in [4.69, 9.17) is 0 Å². The number of pyridine rings is 1. The molecule has 2 aliphatic rings. The van der Waals surface area contributed by atoms with Gasteiger partial charge in [-0.25, -0.2) is 18.4 Å². The number of nitriles is 1. The Hall–Kier alpha value is -3.75. The number of sulfonamides is 1. The highest BCUT2D eigenvalue weighted by Gasteiger charge is 2.39. The molecule has 1 saturated heterocycles. The summed E-state index contributed by atoms with van der Waals surface area (Å²) in [6, 6.07) is 12.5. The van der Waals surface area contributed by atoms with Crippen LogP contribution in [0.25, 0.3) is 0 Å². The first-order valence-corrected chi connectivity index (χ1v) is 15.7. The molecule has 3 aromatic rings. The average molecular weight is 576 g/mol. The Kier molecular flexibility index (Phi) is 8.71. The summed E-state index contributed by atoms with van der Waals surface area (Å²) < 4.78 is 32.0. The Morgan fingerprint density at radius 2 is 2.00 bits per heavy atom. The zero-order valence-electron chi connectivity index (χ0n) is 23.7. The lowest BCUT2D eigenvalue weighted by atomic mass is 9.93. The summed E-state index contributed by atoms with van der Waals surface area (Å²) >= 11 is 0. The minimum absolute atomic E-state index is 0.0327. The highest BCUT2D eigenvalue weighted by atomic mass is 32.2. The van der Waals surface area contributed by atoms with Crippen LogP contribution in [0, 0.1) is 17.2 Å². The molecule has 0 radical (unpaired) electrons. The van der Waals surface area contributed by atoms with E-state index in [1.165, 1.54) is 6.20 Å². The van der Waals surface area contributed by atoms with Crippen LogP contribution >= 0.6 is 0 Å². The molecular formula is C30H37N7O3S. The van der Waals surface area contributed by atoms with Crippen LogP contribution in [0.5, 0.6) is 0 Å². The van der Waals surface area contributed by atoms with Gasteiger partial charge >= 0.3 is 0 Å². The topological polar surface area (TPSA) is 115 Å². The van der Waals surface area contributed by atoms with Gasteiger partial charge in [-0.05, 0) is 67.5 Å². The molecule has 4 heterocycles. The highest BCUT2D eigenvalue weighted by Crippen LogP contribution is 2.34. The molecule has 0 bridgehead atoms. The minimum atomic E-state index is -3.92. The molecule has 2 aromatic heterocycles. The maximum atomic E-state index is 14.2. The molecule has 1 amide bonds. The Balaban J connectivity index is 1.47. The van der Waals surface area contributed by atoms with Gasteiger partial charge in [-0.2, -0.15) is 9.57 Å². The molecule has 1 fully saturated rings. The number of nitrogens with zero attached hydrogens (tertiary/aromatic N) is 7. The summed E-state index contributed by atoms with van der Waals surface area (Å²) in [5, 5.41) is 9.63. The number of aryl methyl sites for hydroxylation is 1. The summed E-state index contributed by atoms with van der Waals surface area (Å²) in [7, 11) is -1.97. The smallest absolute Gasteiger partial charge is 0.260 e. The fourth-order valence-electron chi connectivity index (χ4n) is 5.93. The van der Waals surface area contributed by atoms with Crippen molar-refractivity contribution in [3.8, 4) is 6.07 Å². The van der Waals surface area contributed by atoms with Crippen LogP contribution in [-0.4, -0.2) is 70.3 Å². The lowest BCUT2D eigenvalue weighted by Crippen LogP contribution is -2.53. The van der Waals surface area contributed by atoms with Crippen LogP contribution in [0.15, 0.2) is 60.1 Å². The lowest BCUT2D eigenvalue weighted by Gasteiger charge is -2.42. The van der Waals surface area contributed by atoms with Gasteiger partial charge in [-0.15, -0.1) is 0 Å². The first-order valence-electron chi connectivity index (χ1n) is 14.2. The number of aromatic nitrogens is 3. The average Bonchev–Trinajstić information content (AvgIpc) is 3.40. The van der Waals surface area contributed by atoms with Gasteiger partial charge in [0.15, 0.2) is 5.03 Å². The van der Waals surface area contributed by atoms with E-state index in [2.05, 4.69) is 20.9 Å². The van der Waals surface area contributed by atoms with Crippen molar-refractivity contribution in [2.24, 2.45) is 13.0 Å². The van der Waals surface area contributed by atoms with E-state index in [1.807, 2.05) is 47.8 Å². The van der Waals surface area contributed by atoms with Crippen molar-refractivity contribution in [3.63, 3.8) is 0 Å². The molecule has 0 spiro atoms. The van der Waals surface area contributed by atoms with Crippen molar-refractivity contribution in [1.29, 1.82) is 5.26 Å². The van der Waals surface area contributed by atoms with Crippen LogP contribution in [0.1, 0.15) is 49.4 Å². The van der Waals surface area contributed by atoms with Gasteiger partial charge in [0.1, 0.15) is 0 Å². The van der Waals surface area contributed by atoms with Crippen molar-refractivity contribution in [3.05, 3.63) is 71.9 Å². The number of hydrogen-bond donors (Lipinski definition) is 0. The van der Waals surface area contributed by atoms with Crippen LogP contribution in [-0.2, 0) is 34.8 Å². The zero-order chi connectivity index (χ0) is 29.0. The number of carbonyl (C=O) groups excluding carboxylic acids is 1. The Morgan fingerprint density at radius 1 is 1.20 bits per heavy atom. The van der Waals surface area contributed by atoms with Crippen LogP contribution < -0.4 is 4.90 Å². The molecule has 1 atom stereocenters. The Bertz CT molecular complexity index is 1510.